The number of rotatable bonds is 1. The lowest BCUT2D eigenvalue weighted by molar-refractivity contribution is 0.0521. The van der Waals surface area contributed by atoms with Gasteiger partial charge < -0.3 is 20.5 Å². The van der Waals surface area contributed by atoms with Gasteiger partial charge in [-0.05, 0) is 36.7 Å². The predicted octanol–water partition coefficient (Wildman–Crippen LogP) is 4.00. The molecule has 3 rings (SSSR count). The average Bonchev–Trinajstić information content (AvgIpc) is 2.88. The molecule has 1 saturated heterocycles. The third kappa shape index (κ3) is 3.14. The molecule has 3 N–H and O–H groups in total. The first kappa shape index (κ1) is 17.8. The molecule has 2 heterocycles. The monoisotopic (exact) mass is 350 g/mol. The fourth-order valence-corrected chi connectivity index (χ4v) is 4.31. The number of nitrogens with zero attached hydrogens (tertiary/aromatic N) is 1. The second-order valence-electron chi connectivity index (χ2n) is 8.38. The van der Waals surface area contributed by atoms with Gasteiger partial charge in [-0.15, -0.1) is 0 Å². The lowest BCUT2D eigenvalue weighted by Crippen LogP contribution is -2.51. The van der Waals surface area contributed by atoms with Gasteiger partial charge in [-0.3, -0.25) is 0 Å². The summed E-state index contributed by atoms with van der Waals surface area (Å²) in [6.07, 6.45) is 0.943. The Morgan fingerprint density at radius 3 is 2.72 bits per heavy atom. The van der Waals surface area contributed by atoms with Crippen molar-refractivity contribution >= 4 is 11.8 Å². The van der Waals surface area contributed by atoms with E-state index in [4.69, 9.17) is 10.5 Å². The van der Waals surface area contributed by atoms with Crippen LogP contribution >= 0.6 is 0 Å². The van der Waals surface area contributed by atoms with E-state index in [1.165, 1.54) is 11.0 Å². The molecule has 5 nitrogen and oxygen atoms in total. The van der Waals surface area contributed by atoms with E-state index in [0.29, 0.717) is 42.8 Å². The molecule has 1 aromatic carbocycles. The number of fused-ring (bicyclic) bond motifs is 1. The Morgan fingerprint density at radius 2 is 2.12 bits per heavy atom. The molecule has 138 valence electrons. The Balaban J connectivity index is 1.99. The molecule has 1 aromatic rings. The number of ether oxygens (including phenoxy) is 1. The van der Waals surface area contributed by atoms with Gasteiger partial charge in [0.15, 0.2) is 0 Å². The Morgan fingerprint density at radius 1 is 1.44 bits per heavy atom. The van der Waals surface area contributed by atoms with Crippen LogP contribution in [0, 0.1) is 11.2 Å². The molecule has 2 aliphatic rings. The molecule has 25 heavy (non-hydrogen) atoms. The van der Waals surface area contributed by atoms with Crippen LogP contribution in [-0.2, 0) is 6.42 Å². The third-order valence-electron chi connectivity index (χ3n) is 5.47. The van der Waals surface area contributed by atoms with Gasteiger partial charge >= 0.3 is 6.09 Å². The lowest BCUT2D eigenvalue weighted by Gasteiger charge is -2.45. The third-order valence-corrected chi connectivity index (χ3v) is 5.47. The van der Waals surface area contributed by atoms with Crippen LogP contribution in [0.3, 0.4) is 0 Å². The molecular formula is C19H27FN2O3. The van der Waals surface area contributed by atoms with Gasteiger partial charge in [0, 0.05) is 30.6 Å². The molecule has 0 aliphatic carbocycles. The number of hydrogen-bond acceptors (Lipinski definition) is 3. The number of anilines is 1. The number of nitrogens with two attached hydrogens (primary N) is 1. The number of carboxylic acid groups (broad SMARTS) is 1. The molecule has 0 radical (unpaired) electrons. The van der Waals surface area contributed by atoms with Gasteiger partial charge in [-0.25, -0.2) is 9.18 Å². The van der Waals surface area contributed by atoms with Crippen molar-refractivity contribution in [2.45, 2.75) is 65.0 Å². The normalized spacial score (nSPS) is 26.3. The number of carbonyl (C=O) groups is 1. The van der Waals surface area contributed by atoms with Gasteiger partial charge in [0.25, 0.3) is 0 Å². The molecule has 3 atom stereocenters. The van der Waals surface area contributed by atoms with E-state index in [2.05, 4.69) is 0 Å². The first-order valence-corrected chi connectivity index (χ1v) is 8.86. The van der Waals surface area contributed by atoms with Crippen LogP contribution in [0.2, 0.25) is 0 Å². The van der Waals surface area contributed by atoms with Crippen molar-refractivity contribution in [1.82, 2.24) is 4.90 Å². The summed E-state index contributed by atoms with van der Waals surface area (Å²) in [7, 11) is 0. The molecule has 0 saturated carbocycles. The topological polar surface area (TPSA) is 75.8 Å². The van der Waals surface area contributed by atoms with E-state index in [-0.39, 0.29) is 29.3 Å². The summed E-state index contributed by atoms with van der Waals surface area (Å²) in [5.41, 5.74) is 7.61. The van der Waals surface area contributed by atoms with Crippen LogP contribution in [0.15, 0.2) is 6.07 Å². The summed E-state index contributed by atoms with van der Waals surface area (Å²) >= 11 is 0. The second-order valence-corrected chi connectivity index (χ2v) is 8.38. The van der Waals surface area contributed by atoms with E-state index < -0.39 is 6.09 Å². The maximum absolute atomic E-state index is 14.8. The van der Waals surface area contributed by atoms with Crippen molar-refractivity contribution in [3.8, 4) is 5.75 Å². The summed E-state index contributed by atoms with van der Waals surface area (Å²) in [5.74, 6) is 0.287. The van der Waals surface area contributed by atoms with Crippen LogP contribution in [0.1, 0.15) is 57.6 Å². The van der Waals surface area contributed by atoms with Crippen molar-refractivity contribution in [1.29, 1.82) is 0 Å². The quantitative estimate of drug-likeness (QED) is 0.751. The predicted molar refractivity (Wildman–Crippen MR) is 94.6 cm³/mol. The number of halogens is 1. The van der Waals surface area contributed by atoms with E-state index in [1.807, 2.05) is 27.7 Å². The molecule has 1 amide bonds. The SMILES string of the molecule is CC1Cc2c(c(N)cc(F)c2C2CCN(C(=O)O)C(C(C)(C)C)C2)O1. The first-order chi connectivity index (χ1) is 11.6. The number of piperidine rings is 1. The summed E-state index contributed by atoms with van der Waals surface area (Å²) in [4.78, 5) is 13.1. The van der Waals surface area contributed by atoms with Crippen molar-refractivity contribution in [2.75, 3.05) is 12.3 Å². The van der Waals surface area contributed by atoms with Gasteiger partial charge in [0.1, 0.15) is 17.7 Å². The zero-order chi connectivity index (χ0) is 18.5. The fourth-order valence-electron chi connectivity index (χ4n) is 4.31. The smallest absolute Gasteiger partial charge is 0.407 e. The Labute approximate surface area is 147 Å². The van der Waals surface area contributed by atoms with E-state index >= 15 is 0 Å². The summed E-state index contributed by atoms with van der Waals surface area (Å²) in [6.45, 7) is 8.46. The first-order valence-electron chi connectivity index (χ1n) is 8.86. The molecule has 0 aromatic heterocycles. The van der Waals surface area contributed by atoms with Crippen LogP contribution in [0.5, 0.6) is 5.75 Å². The van der Waals surface area contributed by atoms with Gasteiger partial charge in [0.2, 0.25) is 0 Å². The van der Waals surface area contributed by atoms with Crippen molar-refractivity contribution in [3.63, 3.8) is 0 Å². The molecule has 2 aliphatic heterocycles. The van der Waals surface area contributed by atoms with Crippen molar-refractivity contribution in [3.05, 3.63) is 23.0 Å². The average molecular weight is 350 g/mol. The van der Waals surface area contributed by atoms with Gasteiger partial charge in [-0.2, -0.15) is 0 Å². The number of nitrogen functional groups attached to an aromatic ring is 1. The lowest BCUT2D eigenvalue weighted by atomic mass is 9.74. The maximum Gasteiger partial charge on any atom is 0.407 e. The Kier molecular flexibility index (Phi) is 4.33. The largest absolute Gasteiger partial charge is 0.488 e. The number of hydrogen-bond donors (Lipinski definition) is 2. The highest BCUT2D eigenvalue weighted by molar-refractivity contribution is 5.66. The zero-order valence-electron chi connectivity index (χ0n) is 15.3. The Hall–Kier alpha value is -1.98. The van der Waals surface area contributed by atoms with Crippen LogP contribution < -0.4 is 10.5 Å². The summed E-state index contributed by atoms with van der Waals surface area (Å²) < 4.78 is 20.6. The second kappa shape index (κ2) is 6.07. The zero-order valence-corrected chi connectivity index (χ0v) is 15.3. The highest BCUT2D eigenvalue weighted by atomic mass is 19.1. The van der Waals surface area contributed by atoms with Crippen LogP contribution in [0.4, 0.5) is 14.9 Å². The molecule has 6 heteroatoms. The maximum atomic E-state index is 14.8. The van der Waals surface area contributed by atoms with E-state index in [0.717, 1.165) is 5.56 Å². The molecular weight excluding hydrogens is 323 g/mol. The van der Waals surface area contributed by atoms with Crippen LogP contribution in [0.25, 0.3) is 0 Å². The van der Waals surface area contributed by atoms with E-state index in [9.17, 15) is 14.3 Å². The fraction of sp³-hybridized carbons (Fsp3) is 0.632. The minimum Gasteiger partial charge on any atom is -0.488 e. The highest BCUT2D eigenvalue weighted by Gasteiger charge is 2.41. The standard InChI is InChI=1S/C19H27FN2O3/c1-10-7-12-16(13(20)9-14(21)17(12)25-10)11-5-6-22(18(23)24)15(8-11)19(2,3)4/h9-11,15H,5-8,21H2,1-4H3,(H,23,24). The van der Waals surface area contributed by atoms with Crippen molar-refractivity contribution < 1.29 is 19.0 Å². The number of benzene rings is 1. The van der Waals surface area contributed by atoms with Gasteiger partial charge in [-0.1, -0.05) is 20.8 Å². The van der Waals surface area contributed by atoms with Crippen molar-refractivity contribution in [2.24, 2.45) is 5.41 Å². The molecule has 0 spiro atoms. The molecule has 1 fully saturated rings. The summed E-state index contributed by atoms with van der Waals surface area (Å²) in [6, 6.07) is 1.19. The van der Waals surface area contributed by atoms with Gasteiger partial charge in [0.05, 0.1) is 5.69 Å². The molecule has 0 bridgehead atoms. The number of amides is 1. The minimum absolute atomic E-state index is 0.0182. The Bertz CT molecular complexity index is 699. The minimum atomic E-state index is -0.904. The van der Waals surface area contributed by atoms with E-state index in [1.54, 1.807) is 0 Å². The van der Waals surface area contributed by atoms with Crippen LogP contribution in [-0.4, -0.2) is 34.8 Å². The summed E-state index contributed by atoms with van der Waals surface area (Å²) in [5, 5.41) is 9.52. The molecule has 3 unspecified atom stereocenters. The highest BCUT2D eigenvalue weighted by Crippen LogP contribution is 2.46. The number of likely N-dealkylation sites (tertiary alicyclic amines) is 1.